The molecule has 0 bridgehead atoms. The van der Waals surface area contributed by atoms with Crippen LogP contribution in [0.3, 0.4) is 0 Å². The molecule has 0 radical (unpaired) electrons. The van der Waals surface area contributed by atoms with Crippen LogP contribution in [0.5, 0.6) is 11.5 Å². The molecule has 0 unspecified atom stereocenters. The van der Waals surface area contributed by atoms with Gasteiger partial charge >= 0.3 is 0 Å². The van der Waals surface area contributed by atoms with E-state index in [1.807, 2.05) is 19.1 Å². The molecule has 1 N–H and O–H groups in total. The molecule has 5 nitrogen and oxygen atoms in total. The monoisotopic (exact) mass is 326 g/mol. The van der Waals surface area contributed by atoms with Crippen molar-refractivity contribution >= 4 is 12.1 Å². The van der Waals surface area contributed by atoms with Crippen molar-refractivity contribution < 1.29 is 14.3 Å². The Balaban J connectivity index is 2.12. The van der Waals surface area contributed by atoms with E-state index in [2.05, 4.69) is 24.4 Å². The fraction of sp³-hybridized carbons (Fsp3) is 0.263. The van der Waals surface area contributed by atoms with Crippen LogP contribution >= 0.6 is 0 Å². The summed E-state index contributed by atoms with van der Waals surface area (Å²) < 4.78 is 10.4. The lowest BCUT2D eigenvalue weighted by molar-refractivity contribution is 0.0954. The molecule has 0 heterocycles. The van der Waals surface area contributed by atoms with Gasteiger partial charge in [-0.25, -0.2) is 5.43 Å². The molecule has 1 amide bonds. The fourth-order valence-corrected chi connectivity index (χ4v) is 2.32. The van der Waals surface area contributed by atoms with Crippen LogP contribution in [-0.4, -0.2) is 26.3 Å². The summed E-state index contributed by atoms with van der Waals surface area (Å²) in [6.07, 6.45) is 1.65. The maximum atomic E-state index is 12.2. The average Bonchev–Trinajstić information content (AvgIpc) is 2.60. The molecule has 24 heavy (non-hydrogen) atoms. The second kappa shape index (κ2) is 7.64. The second-order valence-electron chi connectivity index (χ2n) is 5.49. The standard InChI is InChI=1S/C19H22N2O3/c1-12-6-7-16(14(3)13(12)2)11-20-21-19(22)15-8-9-17(23-4)18(10-15)24-5/h6-11H,1-5H3,(H,21,22)/b20-11+. The van der Waals surface area contributed by atoms with Gasteiger partial charge in [0.2, 0.25) is 0 Å². The number of aryl methyl sites for hydroxylation is 1. The molecule has 0 aliphatic rings. The molecule has 0 aromatic heterocycles. The van der Waals surface area contributed by atoms with Gasteiger partial charge in [-0.3, -0.25) is 4.79 Å². The predicted octanol–water partition coefficient (Wildman–Crippen LogP) is 3.39. The van der Waals surface area contributed by atoms with E-state index in [1.165, 1.54) is 18.2 Å². The summed E-state index contributed by atoms with van der Waals surface area (Å²) >= 11 is 0. The van der Waals surface area contributed by atoms with Crippen LogP contribution in [0, 0.1) is 20.8 Å². The highest BCUT2D eigenvalue weighted by Crippen LogP contribution is 2.27. The van der Waals surface area contributed by atoms with Crippen molar-refractivity contribution in [1.82, 2.24) is 5.43 Å². The first kappa shape index (κ1) is 17.5. The van der Waals surface area contributed by atoms with Gasteiger partial charge in [0.1, 0.15) is 0 Å². The first-order chi connectivity index (χ1) is 11.5. The van der Waals surface area contributed by atoms with Gasteiger partial charge in [0, 0.05) is 5.56 Å². The largest absolute Gasteiger partial charge is 0.493 e. The van der Waals surface area contributed by atoms with Gasteiger partial charge in [-0.05, 0) is 61.2 Å². The minimum Gasteiger partial charge on any atom is -0.493 e. The van der Waals surface area contributed by atoms with Crippen LogP contribution in [0.15, 0.2) is 35.4 Å². The molecule has 0 saturated carbocycles. The summed E-state index contributed by atoms with van der Waals surface area (Å²) in [7, 11) is 3.08. The lowest BCUT2D eigenvalue weighted by atomic mass is 10.00. The van der Waals surface area contributed by atoms with Crippen molar-refractivity contribution in [2.45, 2.75) is 20.8 Å². The number of nitrogens with one attached hydrogen (secondary N) is 1. The normalized spacial score (nSPS) is 10.7. The Morgan fingerprint density at radius 3 is 2.38 bits per heavy atom. The van der Waals surface area contributed by atoms with Gasteiger partial charge in [0.15, 0.2) is 11.5 Å². The van der Waals surface area contributed by atoms with Gasteiger partial charge < -0.3 is 9.47 Å². The van der Waals surface area contributed by atoms with Crippen LogP contribution in [0.4, 0.5) is 0 Å². The number of rotatable bonds is 5. The Morgan fingerprint density at radius 1 is 1.00 bits per heavy atom. The zero-order chi connectivity index (χ0) is 17.7. The van der Waals surface area contributed by atoms with Crippen LogP contribution in [0.25, 0.3) is 0 Å². The summed E-state index contributed by atoms with van der Waals surface area (Å²) in [5.74, 6) is 0.760. The molecule has 0 spiro atoms. The van der Waals surface area contributed by atoms with Gasteiger partial charge in [-0.15, -0.1) is 0 Å². The Kier molecular flexibility index (Phi) is 5.58. The molecule has 2 aromatic rings. The zero-order valence-electron chi connectivity index (χ0n) is 14.6. The number of benzene rings is 2. The summed E-state index contributed by atoms with van der Waals surface area (Å²) in [6.45, 7) is 6.19. The van der Waals surface area contributed by atoms with Crippen molar-refractivity contribution in [2.24, 2.45) is 5.10 Å². The number of carbonyl (C=O) groups excluding carboxylic acids is 1. The van der Waals surface area contributed by atoms with E-state index in [4.69, 9.17) is 9.47 Å². The molecule has 0 aliphatic heterocycles. The number of hydrogen-bond donors (Lipinski definition) is 1. The Bertz CT molecular complexity index is 782. The summed E-state index contributed by atoms with van der Waals surface area (Å²) in [4.78, 5) is 12.2. The van der Waals surface area contributed by atoms with E-state index >= 15 is 0 Å². The molecule has 0 aliphatic carbocycles. The molecular formula is C19H22N2O3. The predicted molar refractivity (Wildman–Crippen MR) is 95.3 cm³/mol. The lowest BCUT2D eigenvalue weighted by Crippen LogP contribution is -2.17. The Labute approximate surface area is 142 Å². The number of amides is 1. The van der Waals surface area contributed by atoms with E-state index in [-0.39, 0.29) is 5.91 Å². The Hall–Kier alpha value is -2.82. The third-order valence-corrected chi connectivity index (χ3v) is 4.12. The number of nitrogens with zero attached hydrogens (tertiary/aromatic N) is 1. The van der Waals surface area contributed by atoms with Crippen LogP contribution in [-0.2, 0) is 0 Å². The Morgan fingerprint density at radius 2 is 1.71 bits per heavy atom. The highest BCUT2D eigenvalue weighted by atomic mass is 16.5. The van der Waals surface area contributed by atoms with Crippen molar-refractivity contribution in [3.05, 3.63) is 58.1 Å². The van der Waals surface area contributed by atoms with Gasteiger partial charge in [-0.1, -0.05) is 12.1 Å². The molecule has 2 aromatic carbocycles. The fourth-order valence-electron chi connectivity index (χ4n) is 2.32. The van der Waals surface area contributed by atoms with E-state index in [1.54, 1.807) is 31.5 Å². The lowest BCUT2D eigenvalue weighted by Gasteiger charge is -2.09. The van der Waals surface area contributed by atoms with Crippen molar-refractivity contribution in [2.75, 3.05) is 14.2 Å². The SMILES string of the molecule is COc1ccc(C(=O)N/N=C/c2ccc(C)c(C)c2C)cc1OC. The van der Waals surface area contributed by atoms with Gasteiger partial charge in [0.05, 0.1) is 20.4 Å². The molecule has 2 rings (SSSR count). The number of carbonyl (C=O) groups is 1. The van der Waals surface area contributed by atoms with E-state index in [0.717, 1.165) is 11.1 Å². The summed E-state index contributed by atoms with van der Waals surface area (Å²) in [5, 5.41) is 4.05. The topological polar surface area (TPSA) is 59.9 Å². The van der Waals surface area contributed by atoms with Crippen molar-refractivity contribution in [1.29, 1.82) is 0 Å². The number of ether oxygens (including phenoxy) is 2. The van der Waals surface area contributed by atoms with Crippen molar-refractivity contribution in [3.63, 3.8) is 0 Å². The molecular weight excluding hydrogens is 304 g/mol. The number of hydrogen-bond acceptors (Lipinski definition) is 4. The minimum absolute atomic E-state index is 0.311. The summed E-state index contributed by atoms with van der Waals surface area (Å²) in [5.41, 5.74) is 7.57. The van der Waals surface area contributed by atoms with E-state index < -0.39 is 0 Å². The maximum Gasteiger partial charge on any atom is 0.271 e. The van der Waals surface area contributed by atoms with Crippen LogP contribution < -0.4 is 14.9 Å². The quantitative estimate of drug-likeness (QED) is 0.677. The highest BCUT2D eigenvalue weighted by Gasteiger charge is 2.10. The third kappa shape index (κ3) is 3.74. The number of methoxy groups -OCH3 is 2. The van der Waals surface area contributed by atoms with Crippen LogP contribution in [0.2, 0.25) is 0 Å². The van der Waals surface area contributed by atoms with Crippen LogP contribution in [0.1, 0.15) is 32.6 Å². The van der Waals surface area contributed by atoms with Crippen molar-refractivity contribution in [3.8, 4) is 11.5 Å². The highest BCUT2D eigenvalue weighted by molar-refractivity contribution is 5.95. The summed E-state index contributed by atoms with van der Waals surface area (Å²) in [6, 6.07) is 8.99. The maximum absolute atomic E-state index is 12.2. The zero-order valence-corrected chi connectivity index (χ0v) is 14.6. The number of hydrazone groups is 1. The average molecular weight is 326 g/mol. The molecule has 0 atom stereocenters. The molecule has 0 saturated heterocycles. The van der Waals surface area contributed by atoms with E-state index in [0.29, 0.717) is 17.1 Å². The molecule has 126 valence electrons. The molecule has 0 fully saturated rings. The first-order valence-corrected chi connectivity index (χ1v) is 7.60. The second-order valence-corrected chi connectivity index (χ2v) is 5.49. The van der Waals surface area contributed by atoms with Gasteiger partial charge in [-0.2, -0.15) is 5.10 Å². The first-order valence-electron chi connectivity index (χ1n) is 7.60. The minimum atomic E-state index is -0.311. The van der Waals surface area contributed by atoms with E-state index in [9.17, 15) is 4.79 Å². The smallest absolute Gasteiger partial charge is 0.271 e. The van der Waals surface area contributed by atoms with Gasteiger partial charge in [0.25, 0.3) is 5.91 Å². The third-order valence-electron chi connectivity index (χ3n) is 4.12. The molecule has 5 heteroatoms.